The van der Waals surface area contributed by atoms with E-state index < -0.39 is 0 Å². The summed E-state index contributed by atoms with van der Waals surface area (Å²) in [4.78, 5) is 0. The molecule has 0 radical (unpaired) electrons. The van der Waals surface area contributed by atoms with Crippen LogP contribution in [0.4, 0.5) is 0 Å². The lowest BCUT2D eigenvalue weighted by Crippen LogP contribution is -2.28. The molecular weight excluding hydrogens is 242 g/mol. The Morgan fingerprint density at radius 1 is 1.17 bits per heavy atom. The molecule has 0 saturated carbocycles. The molecule has 0 amide bonds. The molecule has 3 heteroatoms. The Labute approximate surface area is 113 Å². The normalized spacial score (nSPS) is 14.3. The van der Waals surface area contributed by atoms with Crippen LogP contribution in [0.1, 0.15) is 24.3 Å². The fourth-order valence-corrected chi connectivity index (χ4v) is 2.11. The predicted molar refractivity (Wildman–Crippen MR) is 78.0 cm³/mol. The third-order valence-corrected chi connectivity index (χ3v) is 3.94. The van der Waals surface area contributed by atoms with Crippen LogP contribution >= 0.6 is 11.8 Å². The van der Waals surface area contributed by atoms with E-state index in [2.05, 4.69) is 42.8 Å². The number of hydrogen-bond donors (Lipinski definition) is 1. The van der Waals surface area contributed by atoms with Gasteiger partial charge in [-0.15, -0.1) is 0 Å². The highest BCUT2D eigenvalue weighted by atomic mass is 32.2. The average Bonchev–Trinajstić information content (AvgIpc) is 2.94. The van der Waals surface area contributed by atoms with Crippen LogP contribution in [-0.4, -0.2) is 18.1 Å². The van der Waals surface area contributed by atoms with Gasteiger partial charge in [-0.05, 0) is 24.0 Å². The van der Waals surface area contributed by atoms with Crippen molar-refractivity contribution in [1.29, 1.82) is 0 Å². The Hall–Kier alpha value is -1.19. The van der Waals surface area contributed by atoms with Gasteiger partial charge in [0.25, 0.3) is 0 Å². The standard InChI is InChI=1S/C15H19NOS/c1-12(18-2)11-16-15(14-9-6-10-17-14)13-7-4-3-5-8-13/h3-10,12,15-16H,11H2,1-2H3. The van der Waals surface area contributed by atoms with Crippen LogP contribution in [0.15, 0.2) is 53.1 Å². The quantitative estimate of drug-likeness (QED) is 0.858. The highest BCUT2D eigenvalue weighted by Crippen LogP contribution is 2.22. The van der Waals surface area contributed by atoms with E-state index in [1.165, 1.54) is 5.56 Å². The molecule has 96 valence electrons. The zero-order chi connectivity index (χ0) is 12.8. The Morgan fingerprint density at radius 2 is 1.94 bits per heavy atom. The second kappa shape index (κ2) is 6.66. The van der Waals surface area contributed by atoms with Crippen molar-refractivity contribution in [2.45, 2.75) is 18.2 Å². The first-order valence-corrected chi connectivity index (χ1v) is 7.44. The lowest BCUT2D eigenvalue weighted by molar-refractivity contribution is 0.448. The SMILES string of the molecule is CSC(C)CNC(c1ccccc1)c1ccco1. The predicted octanol–water partition coefficient (Wildman–Crippen LogP) is 3.71. The summed E-state index contributed by atoms with van der Waals surface area (Å²) in [6.45, 7) is 3.18. The molecule has 1 aromatic heterocycles. The van der Waals surface area contributed by atoms with Gasteiger partial charge in [0.2, 0.25) is 0 Å². The van der Waals surface area contributed by atoms with Gasteiger partial charge in [-0.2, -0.15) is 11.8 Å². The first-order valence-electron chi connectivity index (χ1n) is 6.15. The maximum absolute atomic E-state index is 5.55. The molecule has 18 heavy (non-hydrogen) atoms. The van der Waals surface area contributed by atoms with Gasteiger partial charge in [0.1, 0.15) is 5.76 Å². The maximum atomic E-state index is 5.55. The van der Waals surface area contributed by atoms with Crippen molar-refractivity contribution in [3.8, 4) is 0 Å². The van der Waals surface area contributed by atoms with E-state index in [1.807, 2.05) is 30.0 Å². The van der Waals surface area contributed by atoms with Crippen molar-refractivity contribution in [2.75, 3.05) is 12.8 Å². The maximum Gasteiger partial charge on any atom is 0.125 e. The van der Waals surface area contributed by atoms with Crippen LogP contribution in [0.2, 0.25) is 0 Å². The van der Waals surface area contributed by atoms with Gasteiger partial charge in [0, 0.05) is 11.8 Å². The molecule has 0 aliphatic heterocycles. The Bertz CT molecular complexity index is 441. The molecule has 2 atom stereocenters. The highest BCUT2D eigenvalue weighted by Gasteiger charge is 2.16. The number of benzene rings is 1. The van der Waals surface area contributed by atoms with Crippen LogP contribution < -0.4 is 5.32 Å². The van der Waals surface area contributed by atoms with Gasteiger partial charge in [-0.25, -0.2) is 0 Å². The van der Waals surface area contributed by atoms with Crippen molar-refractivity contribution in [1.82, 2.24) is 5.32 Å². The third-order valence-electron chi connectivity index (χ3n) is 2.97. The number of hydrogen-bond acceptors (Lipinski definition) is 3. The molecular formula is C15H19NOS. The van der Waals surface area contributed by atoms with Crippen molar-refractivity contribution in [3.05, 3.63) is 60.1 Å². The van der Waals surface area contributed by atoms with Gasteiger partial charge in [-0.1, -0.05) is 37.3 Å². The molecule has 2 rings (SSSR count). The van der Waals surface area contributed by atoms with Crippen molar-refractivity contribution in [2.24, 2.45) is 0 Å². The molecule has 2 aromatic rings. The van der Waals surface area contributed by atoms with Gasteiger partial charge in [0.15, 0.2) is 0 Å². The largest absolute Gasteiger partial charge is 0.467 e. The molecule has 2 unspecified atom stereocenters. The lowest BCUT2D eigenvalue weighted by atomic mass is 10.0. The number of thioether (sulfide) groups is 1. The Kier molecular flexibility index (Phi) is 4.90. The van der Waals surface area contributed by atoms with Gasteiger partial charge in [0.05, 0.1) is 12.3 Å². The fraction of sp³-hybridized carbons (Fsp3) is 0.333. The van der Waals surface area contributed by atoms with E-state index in [0.717, 1.165) is 12.3 Å². The van der Waals surface area contributed by atoms with Crippen LogP contribution in [0.3, 0.4) is 0 Å². The van der Waals surface area contributed by atoms with Crippen LogP contribution in [0, 0.1) is 0 Å². The van der Waals surface area contributed by atoms with Crippen molar-refractivity contribution in [3.63, 3.8) is 0 Å². The molecule has 0 fully saturated rings. The zero-order valence-electron chi connectivity index (χ0n) is 10.8. The van der Waals surface area contributed by atoms with Crippen LogP contribution in [0.5, 0.6) is 0 Å². The minimum atomic E-state index is 0.135. The lowest BCUT2D eigenvalue weighted by Gasteiger charge is -2.19. The van der Waals surface area contributed by atoms with E-state index in [0.29, 0.717) is 5.25 Å². The Balaban J connectivity index is 2.14. The number of furan rings is 1. The molecule has 0 saturated heterocycles. The van der Waals surface area contributed by atoms with Crippen molar-refractivity contribution < 1.29 is 4.42 Å². The molecule has 0 aliphatic rings. The van der Waals surface area contributed by atoms with Gasteiger partial charge < -0.3 is 9.73 Å². The Morgan fingerprint density at radius 3 is 2.56 bits per heavy atom. The summed E-state index contributed by atoms with van der Waals surface area (Å²) >= 11 is 1.87. The first-order chi connectivity index (χ1) is 8.81. The summed E-state index contributed by atoms with van der Waals surface area (Å²) in [7, 11) is 0. The topological polar surface area (TPSA) is 25.2 Å². The van der Waals surface area contributed by atoms with E-state index in [4.69, 9.17) is 4.42 Å². The van der Waals surface area contributed by atoms with Gasteiger partial charge >= 0.3 is 0 Å². The summed E-state index contributed by atoms with van der Waals surface area (Å²) in [5.41, 5.74) is 1.24. The molecule has 0 bridgehead atoms. The van der Waals surface area contributed by atoms with Crippen molar-refractivity contribution >= 4 is 11.8 Å². The molecule has 1 N–H and O–H groups in total. The number of nitrogens with one attached hydrogen (secondary N) is 1. The summed E-state index contributed by atoms with van der Waals surface area (Å²) < 4.78 is 5.55. The minimum Gasteiger partial charge on any atom is -0.467 e. The van der Waals surface area contributed by atoms with Crippen LogP contribution in [-0.2, 0) is 0 Å². The molecule has 1 heterocycles. The summed E-state index contributed by atoms with van der Waals surface area (Å²) in [5, 5.41) is 4.16. The van der Waals surface area contributed by atoms with E-state index in [-0.39, 0.29) is 6.04 Å². The van der Waals surface area contributed by atoms with E-state index in [1.54, 1.807) is 6.26 Å². The van der Waals surface area contributed by atoms with Crippen LogP contribution in [0.25, 0.3) is 0 Å². The van der Waals surface area contributed by atoms with E-state index in [9.17, 15) is 0 Å². The highest BCUT2D eigenvalue weighted by molar-refractivity contribution is 7.99. The smallest absolute Gasteiger partial charge is 0.125 e. The summed E-state index contributed by atoms with van der Waals surface area (Å²) in [6, 6.07) is 14.5. The molecule has 1 aromatic carbocycles. The number of rotatable bonds is 6. The molecule has 0 spiro atoms. The molecule has 2 nitrogen and oxygen atoms in total. The summed E-state index contributed by atoms with van der Waals surface area (Å²) in [5.74, 6) is 0.967. The van der Waals surface area contributed by atoms with E-state index >= 15 is 0 Å². The fourth-order valence-electron chi connectivity index (χ4n) is 1.85. The first kappa shape index (κ1) is 13.2. The van der Waals surface area contributed by atoms with Gasteiger partial charge in [-0.3, -0.25) is 0 Å². The monoisotopic (exact) mass is 261 g/mol. The second-order valence-corrected chi connectivity index (χ2v) is 5.59. The zero-order valence-corrected chi connectivity index (χ0v) is 11.6. The second-order valence-electron chi connectivity index (χ2n) is 4.31. The summed E-state index contributed by atoms with van der Waals surface area (Å²) in [6.07, 6.45) is 3.86. The average molecular weight is 261 g/mol. The third kappa shape index (κ3) is 3.40. The molecule has 0 aliphatic carbocycles. The minimum absolute atomic E-state index is 0.135.